The Kier molecular flexibility index (Phi) is 4.63. The van der Waals surface area contributed by atoms with Crippen LogP contribution < -0.4 is 10.6 Å². The molecule has 2 rings (SSSR count). The average Bonchev–Trinajstić information content (AvgIpc) is 2.44. The van der Waals surface area contributed by atoms with Crippen molar-refractivity contribution in [1.82, 2.24) is 0 Å². The van der Waals surface area contributed by atoms with E-state index in [1.165, 1.54) is 5.56 Å². The Labute approximate surface area is 126 Å². The summed E-state index contributed by atoms with van der Waals surface area (Å²) in [7, 11) is 1.83. The highest BCUT2D eigenvalue weighted by molar-refractivity contribution is 5.93. The van der Waals surface area contributed by atoms with Crippen molar-refractivity contribution in [3.63, 3.8) is 0 Å². The van der Waals surface area contributed by atoms with Crippen LogP contribution in [0.5, 0.6) is 0 Å². The summed E-state index contributed by atoms with van der Waals surface area (Å²) in [4.78, 5) is 14.1. The molecule has 0 heterocycles. The van der Waals surface area contributed by atoms with Gasteiger partial charge in [-0.25, -0.2) is 0 Å². The zero-order chi connectivity index (χ0) is 15.4. The second kappa shape index (κ2) is 6.44. The van der Waals surface area contributed by atoms with Crippen LogP contribution in [-0.2, 0) is 11.2 Å². The summed E-state index contributed by atoms with van der Waals surface area (Å²) in [6.07, 6.45) is 1.19. The third-order valence-corrected chi connectivity index (χ3v) is 3.67. The molecule has 0 saturated carbocycles. The molecule has 0 bridgehead atoms. The van der Waals surface area contributed by atoms with Crippen LogP contribution in [0.1, 0.15) is 23.1 Å². The molecular weight excluding hydrogens is 260 g/mol. The van der Waals surface area contributed by atoms with E-state index in [9.17, 15) is 4.79 Å². The molecule has 2 aromatic rings. The van der Waals surface area contributed by atoms with Gasteiger partial charge in [-0.15, -0.1) is 0 Å². The maximum absolute atomic E-state index is 12.3. The minimum atomic E-state index is 0.115. The van der Waals surface area contributed by atoms with Crippen molar-refractivity contribution in [3.05, 3.63) is 59.2 Å². The van der Waals surface area contributed by atoms with Crippen LogP contribution in [0.4, 0.5) is 11.4 Å². The summed E-state index contributed by atoms with van der Waals surface area (Å²) >= 11 is 0. The van der Waals surface area contributed by atoms with Crippen LogP contribution >= 0.6 is 0 Å². The highest BCUT2D eigenvalue weighted by atomic mass is 16.2. The number of amides is 1. The molecule has 110 valence electrons. The predicted molar refractivity (Wildman–Crippen MR) is 88.5 cm³/mol. The van der Waals surface area contributed by atoms with E-state index in [1.807, 2.05) is 50.4 Å². The first-order valence-electron chi connectivity index (χ1n) is 7.15. The minimum absolute atomic E-state index is 0.115. The molecule has 2 N–H and O–H groups in total. The molecule has 3 nitrogen and oxygen atoms in total. The molecule has 0 saturated heterocycles. The lowest BCUT2D eigenvalue weighted by atomic mass is 10.1. The quantitative estimate of drug-likeness (QED) is 0.873. The van der Waals surface area contributed by atoms with Gasteiger partial charge in [-0.1, -0.05) is 29.8 Å². The molecule has 21 heavy (non-hydrogen) atoms. The Morgan fingerprint density at radius 1 is 1.14 bits per heavy atom. The second-order valence-corrected chi connectivity index (χ2v) is 5.49. The molecule has 2 aromatic carbocycles. The zero-order valence-corrected chi connectivity index (χ0v) is 12.9. The number of nitrogen functional groups attached to an aromatic ring is 1. The Morgan fingerprint density at radius 2 is 1.90 bits per heavy atom. The van der Waals surface area contributed by atoms with E-state index in [-0.39, 0.29) is 5.91 Å². The Bertz CT molecular complexity index is 649. The number of hydrogen-bond acceptors (Lipinski definition) is 2. The number of rotatable bonds is 4. The number of carbonyl (C=O) groups excluding carboxylic acids is 1. The lowest BCUT2D eigenvalue weighted by molar-refractivity contribution is -0.118. The summed E-state index contributed by atoms with van der Waals surface area (Å²) in [5.41, 5.74) is 10.9. The number of hydrogen-bond donors (Lipinski definition) is 1. The summed E-state index contributed by atoms with van der Waals surface area (Å²) in [6.45, 7) is 4.09. The third-order valence-electron chi connectivity index (χ3n) is 3.67. The molecule has 0 aromatic heterocycles. The van der Waals surface area contributed by atoms with Crippen molar-refractivity contribution >= 4 is 17.3 Å². The van der Waals surface area contributed by atoms with Crippen molar-refractivity contribution in [1.29, 1.82) is 0 Å². The molecular formula is C18H22N2O. The predicted octanol–water partition coefficient (Wildman–Crippen LogP) is 3.48. The van der Waals surface area contributed by atoms with Gasteiger partial charge in [-0.05, 0) is 49.6 Å². The minimum Gasteiger partial charge on any atom is -0.399 e. The maximum Gasteiger partial charge on any atom is 0.227 e. The van der Waals surface area contributed by atoms with E-state index in [0.717, 1.165) is 22.5 Å². The molecule has 3 heteroatoms. The SMILES string of the molecule is Cc1ccc(N(C)C(=O)CCc2cccc(N)c2)c(C)c1. The monoisotopic (exact) mass is 282 g/mol. The average molecular weight is 282 g/mol. The number of nitrogens with zero attached hydrogens (tertiary/aromatic N) is 1. The van der Waals surface area contributed by atoms with Crippen molar-refractivity contribution in [2.45, 2.75) is 26.7 Å². The smallest absolute Gasteiger partial charge is 0.227 e. The van der Waals surface area contributed by atoms with Gasteiger partial charge >= 0.3 is 0 Å². The van der Waals surface area contributed by atoms with Crippen LogP contribution in [0.2, 0.25) is 0 Å². The van der Waals surface area contributed by atoms with Crippen LogP contribution in [0, 0.1) is 13.8 Å². The van der Waals surface area contributed by atoms with Gasteiger partial charge in [0.05, 0.1) is 0 Å². The highest BCUT2D eigenvalue weighted by Gasteiger charge is 2.13. The number of anilines is 2. The van der Waals surface area contributed by atoms with Crippen LogP contribution in [-0.4, -0.2) is 13.0 Å². The molecule has 0 atom stereocenters. The number of carbonyl (C=O) groups is 1. The van der Waals surface area contributed by atoms with E-state index in [2.05, 4.69) is 13.0 Å². The number of aryl methyl sites for hydroxylation is 3. The van der Waals surface area contributed by atoms with E-state index in [4.69, 9.17) is 5.73 Å². The lowest BCUT2D eigenvalue weighted by Gasteiger charge is -2.20. The normalized spacial score (nSPS) is 10.4. The summed E-state index contributed by atoms with van der Waals surface area (Å²) in [5, 5.41) is 0. The largest absolute Gasteiger partial charge is 0.399 e. The first-order chi connectivity index (χ1) is 9.97. The van der Waals surface area contributed by atoms with Crippen molar-refractivity contribution < 1.29 is 4.79 Å². The maximum atomic E-state index is 12.3. The van der Waals surface area contributed by atoms with Crippen LogP contribution in [0.15, 0.2) is 42.5 Å². The Balaban J connectivity index is 2.02. The molecule has 0 aliphatic rings. The summed E-state index contributed by atoms with van der Waals surface area (Å²) < 4.78 is 0. The van der Waals surface area contributed by atoms with Gasteiger partial charge in [0.2, 0.25) is 5.91 Å². The second-order valence-electron chi connectivity index (χ2n) is 5.49. The molecule has 0 aliphatic heterocycles. The first-order valence-corrected chi connectivity index (χ1v) is 7.15. The van der Waals surface area contributed by atoms with E-state index in [0.29, 0.717) is 12.8 Å². The Hall–Kier alpha value is -2.29. The fraction of sp³-hybridized carbons (Fsp3) is 0.278. The van der Waals surface area contributed by atoms with Crippen molar-refractivity contribution in [2.75, 3.05) is 17.7 Å². The Morgan fingerprint density at radius 3 is 2.57 bits per heavy atom. The first kappa shape index (κ1) is 15.1. The lowest BCUT2D eigenvalue weighted by Crippen LogP contribution is -2.27. The zero-order valence-electron chi connectivity index (χ0n) is 12.9. The molecule has 0 radical (unpaired) electrons. The van der Waals surface area contributed by atoms with Gasteiger partial charge in [0.25, 0.3) is 0 Å². The van der Waals surface area contributed by atoms with Crippen molar-refractivity contribution in [3.8, 4) is 0 Å². The van der Waals surface area contributed by atoms with E-state index in [1.54, 1.807) is 4.90 Å². The van der Waals surface area contributed by atoms with Gasteiger partial charge in [0, 0.05) is 24.8 Å². The van der Waals surface area contributed by atoms with Gasteiger partial charge in [-0.3, -0.25) is 4.79 Å². The molecule has 0 fully saturated rings. The number of nitrogens with two attached hydrogens (primary N) is 1. The van der Waals surface area contributed by atoms with E-state index >= 15 is 0 Å². The van der Waals surface area contributed by atoms with Gasteiger partial charge < -0.3 is 10.6 Å². The van der Waals surface area contributed by atoms with Gasteiger partial charge in [0.1, 0.15) is 0 Å². The van der Waals surface area contributed by atoms with Gasteiger partial charge in [0.15, 0.2) is 0 Å². The summed E-state index contributed by atoms with van der Waals surface area (Å²) in [5.74, 6) is 0.115. The third kappa shape index (κ3) is 3.85. The molecule has 0 unspecified atom stereocenters. The number of benzene rings is 2. The van der Waals surface area contributed by atoms with Crippen LogP contribution in [0.3, 0.4) is 0 Å². The topological polar surface area (TPSA) is 46.3 Å². The van der Waals surface area contributed by atoms with Gasteiger partial charge in [-0.2, -0.15) is 0 Å². The fourth-order valence-corrected chi connectivity index (χ4v) is 2.48. The summed E-state index contributed by atoms with van der Waals surface area (Å²) in [6, 6.07) is 13.8. The molecule has 1 amide bonds. The van der Waals surface area contributed by atoms with E-state index < -0.39 is 0 Å². The molecule has 0 spiro atoms. The van der Waals surface area contributed by atoms with Crippen LogP contribution in [0.25, 0.3) is 0 Å². The standard InChI is InChI=1S/C18H22N2O/c1-13-7-9-17(14(2)11-13)20(3)18(21)10-8-15-5-4-6-16(19)12-15/h4-7,9,11-12H,8,10,19H2,1-3H3. The fourth-order valence-electron chi connectivity index (χ4n) is 2.48. The van der Waals surface area contributed by atoms with Crippen molar-refractivity contribution in [2.24, 2.45) is 0 Å². The molecule has 0 aliphatic carbocycles. The highest BCUT2D eigenvalue weighted by Crippen LogP contribution is 2.21.